The summed E-state index contributed by atoms with van der Waals surface area (Å²) >= 11 is 1.54. The molecule has 134 valence electrons. The molecule has 3 aromatic rings. The molecule has 0 atom stereocenters. The largest absolute Gasteiger partial charge is 0.443 e. The minimum Gasteiger partial charge on any atom is -0.443 e. The fraction of sp³-hybridized carbons (Fsp3) is 0.167. The summed E-state index contributed by atoms with van der Waals surface area (Å²) in [6, 6.07) is 10.8. The molecular weight excluding hydrogens is 352 g/mol. The van der Waals surface area contributed by atoms with Crippen LogP contribution < -0.4 is 16.0 Å². The highest BCUT2D eigenvalue weighted by Crippen LogP contribution is 2.23. The van der Waals surface area contributed by atoms with E-state index in [1.807, 2.05) is 35.7 Å². The lowest BCUT2D eigenvalue weighted by Gasteiger charge is -2.08. The molecule has 0 bridgehead atoms. The number of hydrogen-bond donors (Lipinski definition) is 3. The Bertz CT molecular complexity index is 889. The fourth-order valence-electron chi connectivity index (χ4n) is 2.28. The molecule has 0 unspecified atom stereocenters. The summed E-state index contributed by atoms with van der Waals surface area (Å²) in [5.41, 5.74) is 2.23. The molecule has 1 aromatic carbocycles. The zero-order chi connectivity index (χ0) is 18.4. The Kier molecular flexibility index (Phi) is 5.65. The van der Waals surface area contributed by atoms with E-state index >= 15 is 0 Å². The number of carbonyl (C=O) groups is 2. The van der Waals surface area contributed by atoms with Gasteiger partial charge in [-0.25, -0.2) is 9.78 Å². The van der Waals surface area contributed by atoms with Crippen LogP contribution in [0.15, 0.2) is 52.5 Å². The first-order chi connectivity index (χ1) is 12.6. The van der Waals surface area contributed by atoms with Crippen molar-refractivity contribution in [2.24, 2.45) is 0 Å². The van der Waals surface area contributed by atoms with Gasteiger partial charge in [-0.15, -0.1) is 11.3 Å². The zero-order valence-corrected chi connectivity index (χ0v) is 14.9. The number of anilines is 1. The number of amides is 3. The van der Waals surface area contributed by atoms with E-state index in [0.29, 0.717) is 23.8 Å². The zero-order valence-electron chi connectivity index (χ0n) is 14.1. The summed E-state index contributed by atoms with van der Waals surface area (Å²) in [7, 11) is 0. The number of aromatic nitrogens is 1. The fourth-order valence-corrected chi connectivity index (χ4v) is 2.94. The first-order valence-corrected chi connectivity index (χ1v) is 8.84. The molecule has 8 heteroatoms. The molecule has 0 aliphatic heterocycles. The van der Waals surface area contributed by atoms with E-state index in [9.17, 15) is 9.59 Å². The van der Waals surface area contributed by atoms with Crippen LogP contribution in [0.5, 0.6) is 0 Å². The second kappa shape index (κ2) is 8.30. The second-order valence-corrected chi connectivity index (χ2v) is 6.49. The predicted octanol–water partition coefficient (Wildman–Crippen LogP) is 3.36. The van der Waals surface area contributed by atoms with Gasteiger partial charge in [-0.05, 0) is 29.1 Å². The van der Waals surface area contributed by atoms with Gasteiger partial charge in [0.2, 0.25) is 11.8 Å². The minimum atomic E-state index is -0.310. The van der Waals surface area contributed by atoms with Gasteiger partial charge in [0.1, 0.15) is 6.26 Å². The van der Waals surface area contributed by atoms with E-state index in [-0.39, 0.29) is 18.5 Å². The molecule has 2 heterocycles. The number of benzene rings is 1. The Hall–Kier alpha value is -3.13. The molecule has 3 amide bonds. The van der Waals surface area contributed by atoms with Crippen LogP contribution in [-0.2, 0) is 17.9 Å². The van der Waals surface area contributed by atoms with Crippen molar-refractivity contribution in [1.82, 2.24) is 15.6 Å². The molecule has 0 spiro atoms. The lowest BCUT2D eigenvalue weighted by Crippen LogP contribution is -2.34. The summed E-state index contributed by atoms with van der Waals surface area (Å²) < 4.78 is 5.41. The monoisotopic (exact) mass is 370 g/mol. The maximum Gasteiger partial charge on any atom is 0.315 e. The average molecular weight is 370 g/mol. The lowest BCUT2D eigenvalue weighted by molar-refractivity contribution is -0.114. The number of nitrogens with one attached hydrogen (secondary N) is 3. The third kappa shape index (κ3) is 4.93. The summed E-state index contributed by atoms with van der Waals surface area (Å²) in [6.07, 6.45) is 1.53. The molecule has 3 N–H and O–H groups in total. The van der Waals surface area contributed by atoms with Gasteiger partial charge in [-0.1, -0.05) is 18.2 Å². The van der Waals surface area contributed by atoms with E-state index in [1.165, 1.54) is 13.2 Å². The first kappa shape index (κ1) is 17.7. The van der Waals surface area contributed by atoms with Crippen LogP contribution in [-0.4, -0.2) is 16.9 Å². The average Bonchev–Trinajstić information content (AvgIpc) is 3.29. The van der Waals surface area contributed by atoms with Crippen LogP contribution in [0.3, 0.4) is 0 Å². The van der Waals surface area contributed by atoms with E-state index in [2.05, 4.69) is 20.9 Å². The number of urea groups is 1. The quantitative estimate of drug-likeness (QED) is 0.620. The second-order valence-electron chi connectivity index (χ2n) is 5.54. The third-order valence-electron chi connectivity index (χ3n) is 3.41. The van der Waals surface area contributed by atoms with Gasteiger partial charge >= 0.3 is 6.03 Å². The number of rotatable bonds is 6. The van der Waals surface area contributed by atoms with Crippen LogP contribution in [0.4, 0.5) is 10.5 Å². The van der Waals surface area contributed by atoms with Crippen LogP contribution in [0, 0.1) is 0 Å². The number of hydrogen-bond acceptors (Lipinski definition) is 5. The SMILES string of the molecule is CC(=O)Nc1cccc(CNC(=O)NCc2coc(-c3cccs3)n2)c1. The summed E-state index contributed by atoms with van der Waals surface area (Å²) in [5.74, 6) is 0.411. The van der Waals surface area contributed by atoms with Crippen molar-refractivity contribution in [2.45, 2.75) is 20.0 Å². The van der Waals surface area contributed by atoms with Crippen LogP contribution in [0.25, 0.3) is 10.8 Å². The smallest absolute Gasteiger partial charge is 0.315 e. The Morgan fingerprint density at radius 2 is 2.00 bits per heavy atom. The van der Waals surface area contributed by atoms with Crippen LogP contribution >= 0.6 is 11.3 Å². The molecule has 0 saturated heterocycles. The van der Waals surface area contributed by atoms with Crippen molar-refractivity contribution in [3.63, 3.8) is 0 Å². The third-order valence-corrected chi connectivity index (χ3v) is 4.27. The molecular formula is C18H18N4O3S. The van der Waals surface area contributed by atoms with Crippen molar-refractivity contribution in [2.75, 3.05) is 5.32 Å². The molecule has 0 aliphatic rings. The molecule has 0 radical (unpaired) electrons. The van der Waals surface area contributed by atoms with E-state index in [0.717, 1.165) is 10.4 Å². The predicted molar refractivity (Wildman–Crippen MR) is 99.6 cm³/mol. The van der Waals surface area contributed by atoms with E-state index in [1.54, 1.807) is 17.4 Å². The van der Waals surface area contributed by atoms with Crippen molar-refractivity contribution in [3.05, 3.63) is 59.3 Å². The van der Waals surface area contributed by atoms with E-state index < -0.39 is 0 Å². The lowest BCUT2D eigenvalue weighted by atomic mass is 10.2. The number of nitrogens with zero attached hydrogens (tertiary/aromatic N) is 1. The van der Waals surface area contributed by atoms with Crippen molar-refractivity contribution >= 4 is 29.0 Å². The van der Waals surface area contributed by atoms with Crippen molar-refractivity contribution < 1.29 is 14.0 Å². The maximum absolute atomic E-state index is 11.9. The Morgan fingerprint density at radius 3 is 2.77 bits per heavy atom. The highest BCUT2D eigenvalue weighted by Gasteiger charge is 2.08. The van der Waals surface area contributed by atoms with Gasteiger partial charge in [-0.2, -0.15) is 0 Å². The molecule has 3 rings (SSSR count). The Morgan fingerprint density at radius 1 is 1.15 bits per heavy atom. The summed E-state index contributed by atoms with van der Waals surface area (Å²) in [6.45, 7) is 2.07. The van der Waals surface area contributed by atoms with Gasteiger partial charge in [0.25, 0.3) is 0 Å². The molecule has 0 saturated carbocycles. The topological polar surface area (TPSA) is 96.3 Å². The van der Waals surface area contributed by atoms with Gasteiger partial charge < -0.3 is 20.4 Å². The molecule has 26 heavy (non-hydrogen) atoms. The summed E-state index contributed by atoms with van der Waals surface area (Å²) in [5, 5.41) is 10.2. The number of carbonyl (C=O) groups excluding carboxylic acids is 2. The van der Waals surface area contributed by atoms with Gasteiger partial charge in [0.05, 0.1) is 17.1 Å². The molecule has 0 aliphatic carbocycles. The van der Waals surface area contributed by atoms with Gasteiger partial charge in [0.15, 0.2) is 0 Å². The molecule has 2 aromatic heterocycles. The maximum atomic E-state index is 11.9. The molecule has 7 nitrogen and oxygen atoms in total. The Labute approximate surface area is 154 Å². The first-order valence-electron chi connectivity index (χ1n) is 7.96. The van der Waals surface area contributed by atoms with E-state index in [4.69, 9.17) is 4.42 Å². The van der Waals surface area contributed by atoms with Crippen molar-refractivity contribution in [1.29, 1.82) is 0 Å². The van der Waals surface area contributed by atoms with Crippen LogP contribution in [0.1, 0.15) is 18.2 Å². The molecule has 0 fully saturated rings. The van der Waals surface area contributed by atoms with Gasteiger partial charge in [0, 0.05) is 19.2 Å². The standard InChI is InChI=1S/C18H18N4O3S/c1-12(23)21-14-5-2-4-13(8-14)9-19-18(24)20-10-15-11-25-17(22-15)16-6-3-7-26-16/h2-8,11H,9-10H2,1H3,(H,21,23)(H2,19,20,24). The van der Waals surface area contributed by atoms with Gasteiger partial charge in [-0.3, -0.25) is 4.79 Å². The Balaban J connectivity index is 1.47. The van der Waals surface area contributed by atoms with Crippen molar-refractivity contribution in [3.8, 4) is 10.8 Å². The number of oxazole rings is 1. The number of thiophene rings is 1. The normalized spacial score (nSPS) is 10.3. The summed E-state index contributed by atoms with van der Waals surface area (Å²) in [4.78, 5) is 28.3. The highest BCUT2D eigenvalue weighted by molar-refractivity contribution is 7.13. The minimum absolute atomic E-state index is 0.137. The van der Waals surface area contributed by atoms with Crippen LogP contribution in [0.2, 0.25) is 0 Å². The highest BCUT2D eigenvalue weighted by atomic mass is 32.1.